The van der Waals surface area contributed by atoms with Crippen LogP contribution in [0.25, 0.3) is 0 Å². The fourth-order valence-corrected chi connectivity index (χ4v) is 3.66. The Morgan fingerprint density at radius 2 is 2.04 bits per heavy atom. The molecule has 1 atom stereocenters. The summed E-state index contributed by atoms with van der Waals surface area (Å²) >= 11 is 6.04. The van der Waals surface area contributed by atoms with Crippen molar-refractivity contribution in [2.45, 2.75) is 24.3 Å². The number of carbonyl (C=O) groups excluding carboxylic acids is 1. The van der Waals surface area contributed by atoms with Gasteiger partial charge in [0.1, 0.15) is 6.04 Å². The van der Waals surface area contributed by atoms with Gasteiger partial charge >= 0.3 is 0 Å². The number of aromatic nitrogens is 2. The minimum Gasteiger partial charge on any atom is -0.381 e. The monoisotopic (exact) mass is 376 g/mol. The lowest BCUT2D eigenvalue weighted by Gasteiger charge is -2.38. The average Bonchev–Trinajstić information content (AvgIpc) is 3.08. The molecule has 7 heteroatoms. The number of nitrogens with one attached hydrogen (secondary N) is 2. The van der Waals surface area contributed by atoms with E-state index in [1.54, 1.807) is 17.9 Å². The Hall–Kier alpha value is -1.89. The van der Waals surface area contributed by atoms with Gasteiger partial charge in [-0.3, -0.25) is 9.48 Å². The van der Waals surface area contributed by atoms with Crippen LogP contribution in [0.15, 0.2) is 36.7 Å². The number of likely N-dealkylation sites (N-methyl/N-ethyl adjacent to an activating group) is 1. The molecule has 1 amide bonds. The molecule has 3 rings (SSSR count). The second-order valence-corrected chi connectivity index (χ2v) is 7.22. The molecule has 1 saturated heterocycles. The number of benzene rings is 1. The van der Waals surface area contributed by atoms with Crippen LogP contribution in [-0.4, -0.2) is 42.5 Å². The van der Waals surface area contributed by atoms with Gasteiger partial charge in [-0.1, -0.05) is 23.7 Å². The van der Waals surface area contributed by atoms with Gasteiger partial charge in [-0.25, -0.2) is 0 Å². The highest BCUT2D eigenvalue weighted by molar-refractivity contribution is 6.30. The molecule has 1 unspecified atom stereocenters. The van der Waals surface area contributed by atoms with E-state index in [-0.39, 0.29) is 11.3 Å². The van der Waals surface area contributed by atoms with Crippen molar-refractivity contribution < 1.29 is 9.53 Å². The molecule has 0 radical (unpaired) electrons. The highest BCUT2D eigenvalue weighted by Gasteiger charge is 2.35. The van der Waals surface area contributed by atoms with Crippen LogP contribution in [0, 0.1) is 0 Å². The summed E-state index contributed by atoms with van der Waals surface area (Å²) in [5.74, 6) is -0.0552. The molecule has 1 aliphatic rings. The summed E-state index contributed by atoms with van der Waals surface area (Å²) < 4.78 is 7.25. The van der Waals surface area contributed by atoms with Gasteiger partial charge in [-0.05, 0) is 37.6 Å². The zero-order valence-corrected chi connectivity index (χ0v) is 15.9. The van der Waals surface area contributed by atoms with Crippen molar-refractivity contribution in [1.29, 1.82) is 0 Å². The minimum atomic E-state index is -0.425. The lowest BCUT2D eigenvalue weighted by atomic mass is 9.74. The third-order valence-corrected chi connectivity index (χ3v) is 5.37. The molecule has 2 heterocycles. The van der Waals surface area contributed by atoms with Gasteiger partial charge in [0.15, 0.2) is 0 Å². The normalized spacial score (nSPS) is 17.7. The highest BCUT2D eigenvalue weighted by Crippen LogP contribution is 2.35. The van der Waals surface area contributed by atoms with Crippen molar-refractivity contribution in [3.63, 3.8) is 0 Å². The molecule has 1 fully saturated rings. The van der Waals surface area contributed by atoms with Crippen LogP contribution in [0.5, 0.6) is 0 Å². The van der Waals surface area contributed by atoms with Crippen molar-refractivity contribution in [1.82, 2.24) is 20.4 Å². The van der Waals surface area contributed by atoms with Crippen LogP contribution in [0.3, 0.4) is 0 Å². The Balaban J connectivity index is 1.75. The number of halogens is 1. The Morgan fingerprint density at radius 3 is 2.62 bits per heavy atom. The standard InChI is InChI=1S/C19H25ClN4O2/c1-21-17(14-11-23-24(2)12-14)18(25)22-13-19(7-9-26-10-8-19)15-3-5-16(20)6-4-15/h3-6,11-12,17,21H,7-10,13H2,1-2H3,(H,22,25). The summed E-state index contributed by atoms with van der Waals surface area (Å²) in [6.07, 6.45) is 5.30. The summed E-state index contributed by atoms with van der Waals surface area (Å²) in [6, 6.07) is 7.49. The summed E-state index contributed by atoms with van der Waals surface area (Å²) in [7, 11) is 3.62. The first-order valence-electron chi connectivity index (χ1n) is 8.81. The van der Waals surface area contributed by atoms with E-state index in [0.717, 1.165) is 18.4 Å². The van der Waals surface area contributed by atoms with Crippen molar-refractivity contribution in [2.24, 2.45) is 7.05 Å². The highest BCUT2D eigenvalue weighted by atomic mass is 35.5. The average molecular weight is 377 g/mol. The van der Waals surface area contributed by atoms with Crippen molar-refractivity contribution in [2.75, 3.05) is 26.8 Å². The summed E-state index contributed by atoms with van der Waals surface area (Å²) in [5, 5.41) is 11.1. The Labute approximate surface area is 158 Å². The smallest absolute Gasteiger partial charge is 0.241 e. The summed E-state index contributed by atoms with van der Waals surface area (Å²) in [4.78, 5) is 12.8. The van der Waals surface area contributed by atoms with E-state index in [4.69, 9.17) is 16.3 Å². The molecular formula is C19H25ClN4O2. The third kappa shape index (κ3) is 4.09. The van der Waals surface area contributed by atoms with E-state index in [1.165, 1.54) is 5.56 Å². The van der Waals surface area contributed by atoms with E-state index in [0.29, 0.717) is 24.8 Å². The molecule has 6 nitrogen and oxygen atoms in total. The molecule has 1 aromatic heterocycles. The van der Waals surface area contributed by atoms with Crippen molar-refractivity contribution in [3.05, 3.63) is 52.8 Å². The van der Waals surface area contributed by atoms with Gasteiger partial charge in [0.25, 0.3) is 0 Å². The van der Waals surface area contributed by atoms with E-state index >= 15 is 0 Å². The second-order valence-electron chi connectivity index (χ2n) is 6.79. The number of hydrogen-bond acceptors (Lipinski definition) is 4. The molecule has 0 aliphatic carbocycles. The lowest BCUT2D eigenvalue weighted by molar-refractivity contribution is -0.123. The van der Waals surface area contributed by atoms with Gasteiger partial charge in [0.2, 0.25) is 5.91 Å². The minimum absolute atomic E-state index is 0.0552. The topological polar surface area (TPSA) is 68.2 Å². The predicted octanol–water partition coefficient (Wildman–Crippen LogP) is 2.20. The number of hydrogen-bond donors (Lipinski definition) is 2. The molecule has 0 bridgehead atoms. The van der Waals surface area contributed by atoms with Gasteiger partial charge in [-0.15, -0.1) is 0 Å². The molecule has 140 valence electrons. The number of aryl methyl sites for hydroxylation is 1. The van der Waals surface area contributed by atoms with Crippen molar-refractivity contribution in [3.8, 4) is 0 Å². The van der Waals surface area contributed by atoms with Gasteiger partial charge in [-0.2, -0.15) is 5.10 Å². The van der Waals surface area contributed by atoms with E-state index in [2.05, 4.69) is 27.9 Å². The maximum Gasteiger partial charge on any atom is 0.241 e. The third-order valence-electron chi connectivity index (χ3n) is 5.12. The maximum absolute atomic E-state index is 12.8. The molecule has 1 aromatic carbocycles. The van der Waals surface area contributed by atoms with Crippen LogP contribution in [-0.2, 0) is 22.0 Å². The Bertz CT molecular complexity index is 738. The first kappa shape index (κ1) is 18.9. The lowest BCUT2D eigenvalue weighted by Crippen LogP contribution is -2.47. The fraction of sp³-hybridized carbons (Fsp3) is 0.474. The van der Waals surface area contributed by atoms with E-state index < -0.39 is 6.04 Å². The van der Waals surface area contributed by atoms with E-state index in [1.807, 2.05) is 25.4 Å². The van der Waals surface area contributed by atoms with Crippen LogP contribution in [0.1, 0.15) is 30.0 Å². The molecule has 1 aliphatic heterocycles. The van der Waals surface area contributed by atoms with Gasteiger partial charge in [0.05, 0.1) is 6.20 Å². The molecule has 0 spiro atoms. The molecule has 2 N–H and O–H groups in total. The summed E-state index contributed by atoms with van der Waals surface area (Å²) in [5.41, 5.74) is 1.90. The Kier molecular flexibility index (Phi) is 5.96. The molecule has 26 heavy (non-hydrogen) atoms. The predicted molar refractivity (Wildman–Crippen MR) is 101 cm³/mol. The largest absolute Gasteiger partial charge is 0.381 e. The number of carbonyl (C=O) groups is 1. The number of amides is 1. The van der Waals surface area contributed by atoms with Crippen molar-refractivity contribution >= 4 is 17.5 Å². The van der Waals surface area contributed by atoms with E-state index in [9.17, 15) is 4.79 Å². The van der Waals surface area contributed by atoms with Crippen LogP contribution in [0.4, 0.5) is 0 Å². The molecular weight excluding hydrogens is 352 g/mol. The number of nitrogens with zero attached hydrogens (tertiary/aromatic N) is 2. The first-order valence-corrected chi connectivity index (χ1v) is 9.19. The zero-order chi connectivity index (χ0) is 18.6. The van der Waals surface area contributed by atoms with Gasteiger partial charge < -0.3 is 15.4 Å². The SMILES string of the molecule is CNC(C(=O)NCC1(c2ccc(Cl)cc2)CCOCC1)c1cnn(C)c1. The number of ether oxygens (including phenoxy) is 1. The first-order chi connectivity index (χ1) is 12.5. The molecule has 0 saturated carbocycles. The molecule has 2 aromatic rings. The Morgan fingerprint density at radius 1 is 1.35 bits per heavy atom. The van der Waals surface area contributed by atoms with Crippen LogP contribution < -0.4 is 10.6 Å². The van der Waals surface area contributed by atoms with Crippen LogP contribution in [0.2, 0.25) is 5.02 Å². The fourth-order valence-electron chi connectivity index (χ4n) is 3.53. The number of rotatable bonds is 6. The van der Waals surface area contributed by atoms with Gasteiger partial charge in [0, 0.05) is 49.0 Å². The maximum atomic E-state index is 12.8. The summed E-state index contributed by atoms with van der Waals surface area (Å²) in [6.45, 7) is 1.95. The quantitative estimate of drug-likeness (QED) is 0.811. The zero-order valence-electron chi connectivity index (χ0n) is 15.2. The van der Waals surface area contributed by atoms with Crippen LogP contribution >= 0.6 is 11.6 Å². The second kappa shape index (κ2) is 8.20.